The number of amides is 2. The summed E-state index contributed by atoms with van der Waals surface area (Å²) in [6, 6.07) is 0.984. The number of ketones is 1. The number of nitrogens with one attached hydrogen (secondary N) is 2. The van der Waals surface area contributed by atoms with E-state index in [0.717, 1.165) is 0 Å². The van der Waals surface area contributed by atoms with Gasteiger partial charge < -0.3 is 35.1 Å². The van der Waals surface area contributed by atoms with E-state index in [9.17, 15) is 24.6 Å². The van der Waals surface area contributed by atoms with Gasteiger partial charge in [-0.15, -0.1) is 0 Å². The zero-order valence-electron chi connectivity index (χ0n) is 17.8. The summed E-state index contributed by atoms with van der Waals surface area (Å²) in [7, 11) is 0. The number of benzene rings is 1. The normalized spacial score (nSPS) is 20.8. The third-order valence-corrected chi connectivity index (χ3v) is 5.31. The van der Waals surface area contributed by atoms with E-state index in [0.29, 0.717) is 23.5 Å². The highest BCUT2D eigenvalue weighted by Gasteiger charge is 2.54. The lowest BCUT2D eigenvalue weighted by Gasteiger charge is -2.24. The maximum absolute atomic E-state index is 12.8. The molecule has 4 N–H and O–H groups in total. The Labute approximate surface area is 179 Å². The number of Topliss-reactive ketones (excluding diaryl/α,β-unsaturated/α-hetero) is 1. The Kier molecular flexibility index (Phi) is 6.83. The lowest BCUT2D eigenvalue weighted by atomic mass is 9.92. The molecular formula is C21H28N2O8. The molecule has 1 aromatic carbocycles. The van der Waals surface area contributed by atoms with E-state index in [-0.39, 0.29) is 24.9 Å². The van der Waals surface area contributed by atoms with E-state index >= 15 is 0 Å². The fourth-order valence-electron chi connectivity index (χ4n) is 3.41. The van der Waals surface area contributed by atoms with Crippen molar-refractivity contribution in [2.45, 2.75) is 44.9 Å². The van der Waals surface area contributed by atoms with Gasteiger partial charge in [-0.1, -0.05) is 13.8 Å². The number of fused-ring (bicyclic) bond motifs is 1. The summed E-state index contributed by atoms with van der Waals surface area (Å²) in [6.45, 7) is 4.51. The van der Waals surface area contributed by atoms with Crippen molar-refractivity contribution >= 4 is 17.6 Å². The van der Waals surface area contributed by atoms with Crippen LogP contribution in [0.4, 0.5) is 0 Å². The summed E-state index contributed by atoms with van der Waals surface area (Å²) >= 11 is 0. The molecule has 2 heterocycles. The lowest BCUT2D eigenvalue weighted by molar-refractivity contribution is -0.133. The highest BCUT2D eigenvalue weighted by molar-refractivity contribution is 6.01. The molecule has 1 saturated heterocycles. The van der Waals surface area contributed by atoms with Gasteiger partial charge in [0.15, 0.2) is 22.9 Å². The Morgan fingerprint density at radius 1 is 1.10 bits per heavy atom. The molecule has 0 saturated carbocycles. The number of rotatable bonds is 10. The van der Waals surface area contributed by atoms with Crippen molar-refractivity contribution < 1.29 is 38.8 Å². The van der Waals surface area contributed by atoms with Crippen LogP contribution in [0, 0.1) is 12.8 Å². The molecule has 0 aliphatic carbocycles. The lowest BCUT2D eigenvalue weighted by Crippen LogP contribution is -2.55. The molecule has 1 unspecified atom stereocenters. The predicted molar refractivity (Wildman–Crippen MR) is 108 cm³/mol. The van der Waals surface area contributed by atoms with Crippen molar-refractivity contribution in [3.8, 4) is 11.5 Å². The first-order valence-corrected chi connectivity index (χ1v) is 10.1. The second-order valence-corrected chi connectivity index (χ2v) is 8.23. The topological polar surface area (TPSA) is 147 Å². The molecule has 2 amide bonds. The summed E-state index contributed by atoms with van der Waals surface area (Å²) in [6.07, 6.45) is 0.322. The zero-order valence-corrected chi connectivity index (χ0v) is 17.8. The number of epoxide rings is 1. The molecule has 3 atom stereocenters. The number of carbonyl (C=O) groups excluding carboxylic acids is 3. The molecule has 2 aliphatic heterocycles. The van der Waals surface area contributed by atoms with E-state index in [1.54, 1.807) is 13.0 Å². The summed E-state index contributed by atoms with van der Waals surface area (Å²) < 4.78 is 15.7. The van der Waals surface area contributed by atoms with Gasteiger partial charge in [-0.05, 0) is 37.0 Å². The quantitative estimate of drug-likeness (QED) is 0.365. The average molecular weight is 436 g/mol. The second kappa shape index (κ2) is 9.21. The molecule has 3 rings (SSSR count). The van der Waals surface area contributed by atoms with Gasteiger partial charge in [0.25, 0.3) is 5.91 Å². The van der Waals surface area contributed by atoms with Crippen molar-refractivity contribution in [3.63, 3.8) is 0 Å². The minimum Gasteiger partial charge on any atom is -0.454 e. The van der Waals surface area contributed by atoms with Crippen LogP contribution >= 0.6 is 0 Å². The van der Waals surface area contributed by atoms with Crippen LogP contribution in [0.15, 0.2) is 12.1 Å². The first-order valence-electron chi connectivity index (χ1n) is 10.1. The Hall–Kier alpha value is -2.69. The van der Waals surface area contributed by atoms with Gasteiger partial charge >= 0.3 is 0 Å². The Bertz CT molecular complexity index is 865. The SMILES string of the molecule is Cc1cc2c(cc1C(=O)N[C@@H](CO)C(=O)N[C@@H](CC(C)C)C(=O)C1(CO)CO1)OCO2. The van der Waals surface area contributed by atoms with Crippen LogP contribution in [0.5, 0.6) is 11.5 Å². The second-order valence-electron chi connectivity index (χ2n) is 8.23. The van der Waals surface area contributed by atoms with Gasteiger partial charge in [0, 0.05) is 5.56 Å². The minimum atomic E-state index is -1.28. The molecule has 0 aromatic heterocycles. The standard InChI is InChI=1S/C21H28N2O8/c1-11(2)4-14(18(26)21(8-25)9-31-21)22-20(28)15(7-24)23-19(27)13-6-17-16(5-12(13)3)29-10-30-17/h5-6,11,14-15,24-25H,4,7-10H2,1-3H3,(H,22,28)(H,23,27)/t14-,15-,21?/m0/s1. The van der Waals surface area contributed by atoms with E-state index in [2.05, 4.69) is 10.6 Å². The van der Waals surface area contributed by atoms with Crippen molar-refractivity contribution in [1.29, 1.82) is 0 Å². The molecule has 1 aromatic rings. The molecule has 10 heteroatoms. The molecule has 2 aliphatic rings. The molecular weight excluding hydrogens is 408 g/mol. The maximum atomic E-state index is 12.8. The van der Waals surface area contributed by atoms with Gasteiger partial charge in [-0.3, -0.25) is 14.4 Å². The van der Waals surface area contributed by atoms with Crippen LogP contribution in [0.3, 0.4) is 0 Å². The monoisotopic (exact) mass is 436 g/mol. The average Bonchev–Trinajstić information content (AvgIpc) is 3.40. The smallest absolute Gasteiger partial charge is 0.252 e. The van der Waals surface area contributed by atoms with Crippen molar-refractivity contribution in [1.82, 2.24) is 10.6 Å². The third-order valence-electron chi connectivity index (χ3n) is 5.31. The number of aliphatic hydroxyl groups excluding tert-OH is 2. The molecule has 0 spiro atoms. The van der Waals surface area contributed by atoms with Gasteiger partial charge in [-0.2, -0.15) is 0 Å². The van der Waals surface area contributed by atoms with Crippen LogP contribution in [0.25, 0.3) is 0 Å². The minimum absolute atomic E-state index is 0.0613. The van der Waals surface area contributed by atoms with E-state index in [1.165, 1.54) is 6.07 Å². The molecule has 0 radical (unpaired) electrons. The maximum Gasteiger partial charge on any atom is 0.252 e. The number of hydrogen-bond acceptors (Lipinski definition) is 8. The van der Waals surface area contributed by atoms with E-state index < -0.39 is 48.5 Å². The largest absolute Gasteiger partial charge is 0.454 e. The van der Waals surface area contributed by atoms with Crippen molar-refractivity contribution in [3.05, 3.63) is 23.3 Å². The first-order chi connectivity index (χ1) is 14.7. The summed E-state index contributed by atoms with van der Waals surface area (Å²) in [5, 5.41) is 24.2. The Balaban J connectivity index is 1.70. The van der Waals surface area contributed by atoms with E-state index in [4.69, 9.17) is 14.2 Å². The van der Waals surface area contributed by atoms with Gasteiger partial charge in [0.1, 0.15) is 6.04 Å². The van der Waals surface area contributed by atoms with Gasteiger partial charge in [0.05, 0.1) is 25.9 Å². The van der Waals surface area contributed by atoms with Crippen LogP contribution in [0.2, 0.25) is 0 Å². The van der Waals surface area contributed by atoms with Crippen molar-refractivity contribution in [2.24, 2.45) is 5.92 Å². The first kappa shape index (κ1) is 23.0. The molecule has 31 heavy (non-hydrogen) atoms. The van der Waals surface area contributed by atoms with Crippen LogP contribution < -0.4 is 20.1 Å². The molecule has 10 nitrogen and oxygen atoms in total. The summed E-state index contributed by atoms with van der Waals surface area (Å²) in [5.74, 6) is -0.687. The van der Waals surface area contributed by atoms with Gasteiger partial charge in [-0.25, -0.2) is 0 Å². The predicted octanol–water partition coefficient (Wildman–Crippen LogP) is -0.324. The number of aliphatic hydroxyl groups is 2. The fraction of sp³-hybridized carbons (Fsp3) is 0.571. The fourth-order valence-corrected chi connectivity index (χ4v) is 3.41. The number of ether oxygens (including phenoxy) is 3. The van der Waals surface area contributed by atoms with Crippen LogP contribution in [-0.4, -0.2) is 72.1 Å². The molecule has 170 valence electrons. The molecule has 1 fully saturated rings. The Morgan fingerprint density at radius 3 is 2.29 bits per heavy atom. The third kappa shape index (κ3) is 4.97. The zero-order chi connectivity index (χ0) is 22.8. The van der Waals surface area contributed by atoms with Crippen LogP contribution in [-0.2, 0) is 14.3 Å². The number of carbonyl (C=O) groups is 3. The molecule has 0 bridgehead atoms. The number of hydrogen-bond donors (Lipinski definition) is 4. The highest BCUT2D eigenvalue weighted by Crippen LogP contribution is 2.34. The van der Waals surface area contributed by atoms with E-state index in [1.807, 2.05) is 13.8 Å². The van der Waals surface area contributed by atoms with Crippen molar-refractivity contribution in [2.75, 3.05) is 26.6 Å². The summed E-state index contributed by atoms with van der Waals surface area (Å²) in [5.41, 5.74) is -0.396. The summed E-state index contributed by atoms with van der Waals surface area (Å²) in [4.78, 5) is 38.3. The van der Waals surface area contributed by atoms with Crippen LogP contribution in [0.1, 0.15) is 36.2 Å². The highest BCUT2D eigenvalue weighted by atomic mass is 16.7. The number of aryl methyl sites for hydroxylation is 1. The Morgan fingerprint density at radius 2 is 1.74 bits per heavy atom. The van der Waals surface area contributed by atoms with Gasteiger partial charge in [0.2, 0.25) is 12.7 Å².